The first-order valence-electron chi connectivity index (χ1n) is 6.46. The molecule has 0 aliphatic heterocycles. The van der Waals surface area contributed by atoms with Gasteiger partial charge >= 0.3 is 0 Å². The quantitative estimate of drug-likeness (QED) is 0.897. The van der Waals surface area contributed by atoms with Crippen molar-refractivity contribution in [2.75, 3.05) is 6.54 Å². The first kappa shape index (κ1) is 13.4. The number of nitrogens with two attached hydrogens (primary N) is 1. The van der Waals surface area contributed by atoms with Crippen LogP contribution in [-0.4, -0.2) is 12.6 Å². The second-order valence-corrected chi connectivity index (χ2v) is 4.87. The fourth-order valence-corrected chi connectivity index (χ4v) is 2.51. The molecule has 0 radical (unpaired) electrons. The highest BCUT2D eigenvalue weighted by Gasteiger charge is 2.24. The second kappa shape index (κ2) is 6.25. The summed E-state index contributed by atoms with van der Waals surface area (Å²) in [5.41, 5.74) is 5.98. The average molecular weight is 255 g/mol. The van der Waals surface area contributed by atoms with Gasteiger partial charge in [-0.05, 0) is 43.5 Å². The maximum absolute atomic E-state index is 13.4. The van der Waals surface area contributed by atoms with Crippen molar-refractivity contribution in [2.45, 2.75) is 38.4 Å². The third kappa shape index (κ3) is 3.27. The average Bonchev–Trinajstić information content (AvgIpc) is 2.40. The summed E-state index contributed by atoms with van der Waals surface area (Å²) in [6.45, 7) is 0.709. The first-order valence-corrected chi connectivity index (χ1v) is 6.46. The molecule has 0 aromatic heterocycles. The Labute approximate surface area is 106 Å². The van der Waals surface area contributed by atoms with E-state index < -0.39 is 11.6 Å². The number of ether oxygens (including phenoxy) is 1. The lowest BCUT2D eigenvalue weighted by Gasteiger charge is -2.30. The van der Waals surface area contributed by atoms with Crippen molar-refractivity contribution < 1.29 is 13.5 Å². The van der Waals surface area contributed by atoms with Gasteiger partial charge in [0.15, 0.2) is 0 Å². The standard InChI is InChI=1S/C14H19F2NO/c15-12-5-6-13(16)11(7-12)9-18-14-4-2-1-3-10(14)8-17/h5-7,10,14H,1-4,8-9,17H2. The van der Waals surface area contributed by atoms with Crippen LogP contribution >= 0.6 is 0 Å². The number of hydrogen-bond donors (Lipinski definition) is 1. The van der Waals surface area contributed by atoms with Crippen molar-refractivity contribution >= 4 is 0 Å². The Kier molecular flexibility index (Phi) is 4.66. The molecule has 4 heteroatoms. The van der Waals surface area contributed by atoms with E-state index >= 15 is 0 Å². The van der Waals surface area contributed by atoms with Gasteiger partial charge in [0.05, 0.1) is 12.7 Å². The molecule has 0 spiro atoms. The van der Waals surface area contributed by atoms with Crippen LogP contribution in [0.25, 0.3) is 0 Å². The van der Waals surface area contributed by atoms with Crippen molar-refractivity contribution in [1.82, 2.24) is 0 Å². The lowest BCUT2D eigenvalue weighted by Crippen LogP contribution is -2.33. The predicted molar refractivity (Wildman–Crippen MR) is 65.9 cm³/mol. The van der Waals surface area contributed by atoms with E-state index in [1.165, 1.54) is 12.5 Å². The van der Waals surface area contributed by atoms with Gasteiger partial charge < -0.3 is 10.5 Å². The van der Waals surface area contributed by atoms with E-state index in [2.05, 4.69) is 0 Å². The molecule has 1 saturated carbocycles. The van der Waals surface area contributed by atoms with Crippen molar-refractivity contribution in [3.63, 3.8) is 0 Å². The second-order valence-electron chi connectivity index (χ2n) is 4.87. The predicted octanol–water partition coefficient (Wildman–Crippen LogP) is 3.00. The summed E-state index contributed by atoms with van der Waals surface area (Å²) in [7, 11) is 0. The van der Waals surface area contributed by atoms with Crippen LogP contribution < -0.4 is 5.73 Å². The van der Waals surface area contributed by atoms with E-state index in [1.807, 2.05) is 0 Å². The molecule has 100 valence electrons. The number of halogens is 2. The van der Waals surface area contributed by atoms with Crippen LogP contribution in [0.15, 0.2) is 18.2 Å². The zero-order valence-corrected chi connectivity index (χ0v) is 10.4. The molecule has 18 heavy (non-hydrogen) atoms. The molecule has 0 bridgehead atoms. The fraction of sp³-hybridized carbons (Fsp3) is 0.571. The third-order valence-corrected chi connectivity index (χ3v) is 3.60. The van der Waals surface area contributed by atoms with Gasteiger partial charge in [-0.3, -0.25) is 0 Å². The minimum absolute atomic E-state index is 0.0754. The Morgan fingerprint density at radius 3 is 2.78 bits per heavy atom. The molecule has 1 aliphatic rings. The Balaban J connectivity index is 1.95. The van der Waals surface area contributed by atoms with Gasteiger partial charge in [0.25, 0.3) is 0 Å². The molecule has 2 rings (SSSR count). The van der Waals surface area contributed by atoms with Gasteiger partial charge in [-0.25, -0.2) is 8.78 Å². The largest absolute Gasteiger partial charge is 0.373 e. The molecule has 2 atom stereocenters. The highest BCUT2D eigenvalue weighted by molar-refractivity contribution is 5.17. The van der Waals surface area contributed by atoms with Crippen molar-refractivity contribution in [3.8, 4) is 0 Å². The molecule has 1 aliphatic carbocycles. The van der Waals surface area contributed by atoms with Crippen LogP contribution in [0.5, 0.6) is 0 Å². The zero-order valence-electron chi connectivity index (χ0n) is 10.4. The summed E-state index contributed by atoms with van der Waals surface area (Å²) in [5, 5.41) is 0. The van der Waals surface area contributed by atoms with E-state index in [0.29, 0.717) is 12.5 Å². The van der Waals surface area contributed by atoms with Crippen LogP contribution in [0.1, 0.15) is 31.2 Å². The van der Waals surface area contributed by atoms with Crippen LogP contribution in [0.4, 0.5) is 8.78 Å². The summed E-state index contributed by atoms with van der Waals surface area (Å²) in [5.74, 6) is -0.513. The molecule has 1 fully saturated rings. The molecule has 0 saturated heterocycles. The zero-order chi connectivity index (χ0) is 13.0. The SMILES string of the molecule is NCC1CCCCC1OCc1cc(F)ccc1F. The van der Waals surface area contributed by atoms with Crippen molar-refractivity contribution in [3.05, 3.63) is 35.4 Å². The van der Waals surface area contributed by atoms with E-state index in [9.17, 15) is 8.78 Å². The molecular weight excluding hydrogens is 236 g/mol. The molecule has 0 heterocycles. The molecule has 2 N–H and O–H groups in total. The van der Waals surface area contributed by atoms with Gasteiger partial charge in [0.2, 0.25) is 0 Å². The Hall–Kier alpha value is -1.00. The highest BCUT2D eigenvalue weighted by Crippen LogP contribution is 2.27. The van der Waals surface area contributed by atoms with E-state index in [0.717, 1.165) is 31.4 Å². The minimum Gasteiger partial charge on any atom is -0.373 e. The van der Waals surface area contributed by atoms with Gasteiger partial charge in [-0.1, -0.05) is 12.8 Å². The van der Waals surface area contributed by atoms with Crippen LogP contribution in [0.2, 0.25) is 0 Å². The maximum Gasteiger partial charge on any atom is 0.128 e. The van der Waals surface area contributed by atoms with Crippen molar-refractivity contribution in [2.24, 2.45) is 11.7 Å². The molecule has 1 aromatic rings. The number of benzene rings is 1. The van der Waals surface area contributed by atoms with Gasteiger partial charge in [0, 0.05) is 5.56 Å². The molecular formula is C14H19F2NO. The normalized spacial score (nSPS) is 24.2. The Morgan fingerprint density at radius 2 is 2.00 bits per heavy atom. The topological polar surface area (TPSA) is 35.2 Å². The third-order valence-electron chi connectivity index (χ3n) is 3.60. The summed E-state index contributed by atoms with van der Waals surface area (Å²) in [6.07, 6.45) is 4.39. The monoisotopic (exact) mass is 255 g/mol. The Bertz CT molecular complexity index is 397. The minimum atomic E-state index is -0.436. The van der Waals surface area contributed by atoms with Gasteiger partial charge in [0.1, 0.15) is 11.6 Å². The number of hydrogen-bond acceptors (Lipinski definition) is 2. The maximum atomic E-state index is 13.4. The number of rotatable bonds is 4. The van der Waals surface area contributed by atoms with Crippen LogP contribution in [0.3, 0.4) is 0 Å². The van der Waals surface area contributed by atoms with Crippen LogP contribution in [0, 0.1) is 17.6 Å². The summed E-state index contributed by atoms with van der Waals surface area (Å²) >= 11 is 0. The molecule has 2 unspecified atom stereocenters. The summed E-state index contributed by atoms with van der Waals surface area (Å²) in [6, 6.07) is 3.44. The first-order chi connectivity index (χ1) is 8.70. The smallest absolute Gasteiger partial charge is 0.128 e. The Morgan fingerprint density at radius 1 is 1.22 bits per heavy atom. The van der Waals surface area contributed by atoms with Gasteiger partial charge in [-0.2, -0.15) is 0 Å². The lowest BCUT2D eigenvalue weighted by molar-refractivity contribution is -0.0193. The van der Waals surface area contributed by atoms with Crippen LogP contribution in [-0.2, 0) is 11.3 Å². The molecule has 1 aromatic carbocycles. The van der Waals surface area contributed by atoms with E-state index in [4.69, 9.17) is 10.5 Å². The summed E-state index contributed by atoms with van der Waals surface area (Å²) < 4.78 is 32.2. The lowest BCUT2D eigenvalue weighted by atomic mass is 9.86. The van der Waals surface area contributed by atoms with E-state index in [-0.39, 0.29) is 18.3 Å². The van der Waals surface area contributed by atoms with E-state index in [1.54, 1.807) is 0 Å². The molecule has 2 nitrogen and oxygen atoms in total. The molecule has 0 amide bonds. The summed E-state index contributed by atoms with van der Waals surface area (Å²) in [4.78, 5) is 0. The van der Waals surface area contributed by atoms with Gasteiger partial charge in [-0.15, -0.1) is 0 Å². The fourth-order valence-electron chi connectivity index (χ4n) is 2.51. The highest BCUT2D eigenvalue weighted by atomic mass is 19.1. The van der Waals surface area contributed by atoms with Crippen molar-refractivity contribution in [1.29, 1.82) is 0 Å².